The predicted molar refractivity (Wildman–Crippen MR) is 138 cm³/mol. The van der Waals surface area contributed by atoms with Crippen LogP contribution >= 0.6 is 7.82 Å². The molecule has 34 heavy (non-hydrogen) atoms. The Bertz CT molecular complexity index is 633. The van der Waals surface area contributed by atoms with E-state index in [2.05, 4.69) is 24.4 Å². The third-order valence-electron chi connectivity index (χ3n) is 5.14. The average molecular weight is 506 g/mol. The number of nitrogens with one attached hydrogen (secondary N) is 1. The molecule has 0 aromatic rings. The fourth-order valence-electron chi connectivity index (χ4n) is 3.04. The van der Waals surface area contributed by atoms with Gasteiger partial charge in [0, 0.05) is 6.42 Å². The van der Waals surface area contributed by atoms with Gasteiger partial charge in [0.2, 0.25) is 5.91 Å². The molecular weight excluding hydrogens is 455 g/mol. The van der Waals surface area contributed by atoms with E-state index >= 15 is 0 Å². The van der Waals surface area contributed by atoms with Crippen LogP contribution in [0.2, 0.25) is 0 Å². The highest BCUT2D eigenvalue weighted by Crippen LogP contribution is 2.43. The van der Waals surface area contributed by atoms with E-state index in [-0.39, 0.29) is 19.1 Å². The van der Waals surface area contributed by atoms with Crippen molar-refractivity contribution in [3.8, 4) is 0 Å². The smallest absolute Gasteiger partial charge is 0.387 e. The normalized spacial score (nSPS) is 16.1. The molecule has 3 atom stereocenters. The van der Waals surface area contributed by atoms with Crippen molar-refractivity contribution in [3.63, 3.8) is 0 Å². The summed E-state index contributed by atoms with van der Waals surface area (Å²) in [5.41, 5.74) is 0. The summed E-state index contributed by atoms with van der Waals surface area (Å²) in [6.07, 6.45) is 16.8. The first-order chi connectivity index (χ1) is 16.0. The number of nitrogens with zero attached hydrogens (tertiary/aromatic N) is 1. The minimum Gasteiger partial charge on any atom is -0.387 e. The average Bonchev–Trinajstić information content (AvgIpc) is 2.74. The van der Waals surface area contributed by atoms with Crippen molar-refractivity contribution in [3.05, 3.63) is 24.3 Å². The molecule has 0 aromatic carbocycles. The molecule has 9 heteroatoms. The minimum absolute atomic E-state index is 0.0544. The van der Waals surface area contributed by atoms with Crippen LogP contribution in [-0.2, 0) is 18.4 Å². The third kappa shape index (κ3) is 20.4. The number of rotatable bonds is 21. The zero-order chi connectivity index (χ0) is 25.9. The molecule has 0 fully saturated rings. The second kappa shape index (κ2) is 19.2. The number of carbonyl (C=O) groups is 1. The van der Waals surface area contributed by atoms with Gasteiger partial charge in [0.25, 0.3) is 0 Å². The van der Waals surface area contributed by atoms with Gasteiger partial charge < -0.3 is 19.8 Å². The molecular formula is C25H50N2O6P+. The SMILES string of the molecule is CCCCCCC/C=C/CC/C=C/C(O)C(COP(=O)(O)OCC[N+](C)(C)C)NC(=O)CCC. The summed E-state index contributed by atoms with van der Waals surface area (Å²) < 4.78 is 22.8. The number of quaternary nitrogens is 1. The van der Waals surface area contributed by atoms with E-state index in [1.54, 1.807) is 6.08 Å². The molecule has 0 aliphatic rings. The van der Waals surface area contributed by atoms with Gasteiger partial charge in [0.1, 0.15) is 13.2 Å². The number of phosphoric acid groups is 1. The van der Waals surface area contributed by atoms with Crippen molar-refractivity contribution >= 4 is 13.7 Å². The van der Waals surface area contributed by atoms with Crippen LogP contribution in [-0.4, -0.2) is 73.4 Å². The maximum atomic E-state index is 12.2. The van der Waals surface area contributed by atoms with Crippen LogP contribution in [0.15, 0.2) is 24.3 Å². The third-order valence-corrected chi connectivity index (χ3v) is 6.13. The van der Waals surface area contributed by atoms with Gasteiger partial charge in [-0.3, -0.25) is 13.8 Å². The first-order valence-corrected chi connectivity index (χ1v) is 14.2. The largest absolute Gasteiger partial charge is 0.472 e. The molecule has 0 bridgehead atoms. The van der Waals surface area contributed by atoms with Crippen molar-refractivity contribution < 1.29 is 32.9 Å². The number of allylic oxidation sites excluding steroid dienone is 3. The Morgan fingerprint density at radius 3 is 2.26 bits per heavy atom. The molecule has 1 amide bonds. The van der Waals surface area contributed by atoms with Crippen LogP contribution in [0.3, 0.4) is 0 Å². The van der Waals surface area contributed by atoms with Crippen LogP contribution in [0.1, 0.15) is 78.1 Å². The molecule has 0 saturated heterocycles. The number of phosphoric ester groups is 1. The van der Waals surface area contributed by atoms with Gasteiger partial charge in [-0.05, 0) is 32.1 Å². The molecule has 0 aliphatic heterocycles. The van der Waals surface area contributed by atoms with Crippen molar-refractivity contribution in [1.82, 2.24) is 5.32 Å². The summed E-state index contributed by atoms with van der Waals surface area (Å²) >= 11 is 0. The van der Waals surface area contributed by atoms with Crippen molar-refractivity contribution in [2.75, 3.05) is 40.9 Å². The number of aliphatic hydroxyl groups is 1. The number of hydrogen-bond acceptors (Lipinski definition) is 5. The molecule has 0 heterocycles. The second-order valence-corrected chi connectivity index (χ2v) is 11.2. The number of amides is 1. The van der Waals surface area contributed by atoms with Crippen LogP contribution in [0.5, 0.6) is 0 Å². The highest BCUT2D eigenvalue weighted by atomic mass is 31.2. The summed E-state index contributed by atoms with van der Waals surface area (Å²) in [7, 11) is 1.54. The molecule has 3 unspecified atom stereocenters. The number of hydrogen-bond donors (Lipinski definition) is 3. The van der Waals surface area contributed by atoms with Gasteiger partial charge in [0.15, 0.2) is 0 Å². The Morgan fingerprint density at radius 2 is 1.62 bits per heavy atom. The Kier molecular flexibility index (Phi) is 18.6. The van der Waals surface area contributed by atoms with Crippen molar-refractivity contribution in [2.24, 2.45) is 0 Å². The molecule has 0 spiro atoms. The van der Waals surface area contributed by atoms with Crippen molar-refractivity contribution in [1.29, 1.82) is 0 Å². The van der Waals surface area contributed by atoms with E-state index < -0.39 is 20.0 Å². The van der Waals surface area contributed by atoms with Gasteiger partial charge in [-0.2, -0.15) is 0 Å². The maximum Gasteiger partial charge on any atom is 0.472 e. The van der Waals surface area contributed by atoms with E-state index in [0.717, 1.165) is 19.3 Å². The molecule has 3 N–H and O–H groups in total. The van der Waals surface area contributed by atoms with E-state index in [4.69, 9.17) is 9.05 Å². The Hall–Kier alpha value is -1.02. The predicted octanol–water partition coefficient (Wildman–Crippen LogP) is 4.73. The number of aliphatic hydroxyl groups excluding tert-OH is 1. The van der Waals surface area contributed by atoms with Gasteiger partial charge in [0.05, 0.1) is 39.9 Å². The summed E-state index contributed by atoms with van der Waals surface area (Å²) in [5.74, 6) is -0.246. The molecule has 0 rings (SSSR count). The fraction of sp³-hybridized carbons (Fsp3) is 0.800. The van der Waals surface area contributed by atoms with Gasteiger partial charge in [-0.1, -0.05) is 63.8 Å². The van der Waals surface area contributed by atoms with Gasteiger partial charge >= 0.3 is 7.82 Å². The zero-order valence-corrected chi connectivity index (χ0v) is 23.0. The second-order valence-electron chi connectivity index (χ2n) is 9.71. The topological polar surface area (TPSA) is 105 Å². The fourth-order valence-corrected chi connectivity index (χ4v) is 3.77. The lowest BCUT2D eigenvalue weighted by atomic mass is 10.1. The lowest BCUT2D eigenvalue weighted by Crippen LogP contribution is -2.45. The number of carbonyl (C=O) groups excluding carboxylic acids is 1. The van der Waals surface area contributed by atoms with E-state index in [1.807, 2.05) is 34.1 Å². The van der Waals surface area contributed by atoms with Gasteiger partial charge in [-0.25, -0.2) is 4.57 Å². The first-order valence-electron chi connectivity index (χ1n) is 12.7. The van der Waals surface area contributed by atoms with Crippen LogP contribution in [0.25, 0.3) is 0 Å². The van der Waals surface area contributed by atoms with E-state index in [0.29, 0.717) is 23.9 Å². The van der Waals surface area contributed by atoms with Crippen LogP contribution in [0.4, 0.5) is 0 Å². The zero-order valence-electron chi connectivity index (χ0n) is 22.1. The number of likely N-dealkylation sites (N-methyl/N-ethyl adjacent to an activating group) is 1. The summed E-state index contributed by atoms with van der Waals surface area (Å²) in [4.78, 5) is 22.0. The highest BCUT2D eigenvalue weighted by molar-refractivity contribution is 7.47. The van der Waals surface area contributed by atoms with Crippen LogP contribution in [0, 0.1) is 0 Å². The van der Waals surface area contributed by atoms with E-state index in [9.17, 15) is 19.4 Å². The summed E-state index contributed by atoms with van der Waals surface area (Å²) in [6, 6.07) is -0.851. The quantitative estimate of drug-likeness (QED) is 0.0902. The first kappa shape index (κ1) is 33.0. The summed E-state index contributed by atoms with van der Waals surface area (Å²) in [6.45, 7) is 4.34. The minimum atomic E-state index is -4.29. The maximum absolute atomic E-state index is 12.2. The molecule has 8 nitrogen and oxygen atoms in total. The lowest BCUT2D eigenvalue weighted by Gasteiger charge is -2.25. The molecule has 0 radical (unpaired) electrons. The van der Waals surface area contributed by atoms with Crippen molar-refractivity contribution in [2.45, 2.75) is 90.2 Å². The monoisotopic (exact) mass is 505 g/mol. The summed E-state index contributed by atoms with van der Waals surface area (Å²) in [5, 5.41) is 13.2. The molecule has 0 saturated carbocycles. The Labute approximate surface area is 207 Å². The van der Waals surface area contributed by atoms with Crippen LogP contribution < -0.4 is 5.32 Å². The molecule has 200 valence electrons. The van der Waals surface area contributed by atoms with Gasteiger partial charge in [-0.15, -0.1) is 0 Å². The van der Waals surface area contributed by atoms with E-state index in [1.165, 1.54) is 32.1 Å². The molecule has 0 aliphatic carbocycles. The number of unbranched alkanes of at least 4 members (excludes halogenated alkanes) is 6. The Morgan fingerprint density at radius 1 is 0.971 bits per heavy atom. The highest BCUT2D eigenvalue weighted by Gasteiger charge is 2.27. The lowest BCUT2D eigenvalue weighted by molar-refractivity contribution is -0.870. The Balaban J connectivity index is 4.57. The molecule has 0 aromatic heterocycles. The standard InChI is InChI=1S/C25H49N2O6P/c1-6-8-9-10-11-12-13-14-15-16-17-19-24(28)23(26-25(29)18-7-2)22-33-34(30,31)32-21-20-27(3,4)5/h13-14,17,19,23-24,28H,6-12,15-16,18,20-22H2,1-5H3,(H-,26,29,30,31)/p+1/b14-13+,19-17+.